The number of hydrogen-bond donors (Lipinski definition) is 2. The van der Waals surface area contributed by atoms with Crippen molar-refractivity contribution in [1.82, 2.24) is 4.72 Å². The normalized spacial score (nSPS) is 11.6. The van der Waals surface area contributed by atoms with Crippen LogP contribution >= 0.6 is 0 Å². The van der Waals surface area contributed by atoms with E-state index in [2.05, 4.69) is 9.46 Å². The van der Waals surface area contributed by atoms with Gasteiger partial charge in [0.2, 0.25) is 10.0 Å². The van der Waals surface area contributed by atoms with Gasteiger partial charge in [0.1, 0.15) is 0 Å². The average Bonchev–Trinajstić information content (AvgIpc) is 2.36. The minimum absolute atomic E-state index is 0.0591. The Bertz CT molecular complexity index is 606. The molecule has 0 saturated carbocycles. The Hall–Kier alpha value is -1.81. The van der Waals surface area contributed by atoms with Crippen molar-refractivity contribution in [3.05, 3.63) is 24.0 Å². The summed E-state index contributed by atoms with van der Waals surface area (Å²) in [5.41, 5.74) is 0. The Balaban J connectivity index is 2.75. The molecule has 0 aromatic heterocycles. The smallest absolute Gasteiger partial charge is 0.387 e. The second-order valence-corrected chi connectivity index (χ2v) is 5.63. The van der Waals surface area contributed by atoms with Gasteiger partial charge in [-0.15, -0.1) is 0 Å². The maximum Gasteiger partial charge on any atom is 0.387 e. The lowest BCUT2D eigenvalue weighted by atomic mass is 10.3. The molecule has 0 spiro atoms. The first-order valence-electron chi connectivity index (χ1n) is 5.68. The number of carboxylic acid groups (broad SMARTS) is 1. The minimum atomic E-state index is -4.05. The van der Waals surface area contributed by atoms with Crippen molar-refractivity contribution in [2.24, 2.45) is 0 Å². The molecule has 21 heavy (non-hydrogen) atoms. The summed E-state index contributed by atoms with van der Waals surface area (Å²) >= 11 is 0. The molecule has 0 radical (unpaired) electrons. The van der Waals surface area contributed by atoms with E-state index in [4.69, 9.17) is 5.11 Å². The highest BCUT2D eigenvalue weighted by atomic mass is 32.2. The summed E-state index contributed by atoms with van der Waals surface area (Å²) in [4.78, 5) is 9.79. The van der Waals surface area contributed by atoms with Crippen molar-refractivity contribution in [3.8, 4) is 5.75 Å². The number of carboxylic acids is 1. The Kier molecular flexibility index (Phi) is 5.97. The Morgan fingerprint density at radius 1 is 1.38 bits per heavy atom. The molecule has 2 N–H and O–H groups in total. The number of carbonyl (C=O) groups is 1. The van der Waals surface area contributed by atoms with Crippen molar-refractivity contribution < 1.29 is 36.2 Å². The third-order valence-corrected chi connectivity index (χ3v) is 3.75. The van der Waals surface area contributed by atoms with Crippen LogP contribution in [0.2, 0.25) is 0 Å². The van der Waals surface area contributed by atoms with Crippen molar-refractivity contribution in [2.45, 2.75) is 24.3 Å². The molecule has 0 unspecified atom stereocenters. The van der Waals surface area contributed by atoms with E-state index in [-0.39, 0.29) is 19.4 Å². The van der Waals surface area contributed by atoms with Crippen LogP contribution in [0.3, 0.4) is 0 Å². The van der Waals surface area contributed by atoms with E-state index in [1.165, 1.54) is 0 Å². The molecule has 0 aliphatic heterocycles. The summed E-state index contributed by atoms with van der Waals surface area (Å²) in [6.07, 6.45) is -0.165. The Morgan fingerprint density at radius 2 is 2.05 bits per heavy atom. The summed E-state index contributed by atoms with van der Waals surface area (Å²) < 4.78 is 66.7. The lowest BCUT2D eigenvalue weighted by molar-refractivity contribution is -0.137. The number of ether oxygens (including phenoxy) is 1. The van der Waals surface area contributed by atoms with Gasteiger partial charge in [0.05, 0.1) is 4.90 Å². The van der Waals surface area contributed by atoms with Gasteiger partial charge in [-0.05, 0) is 24.6 Å². The van der Waals surface area contributed by atoms with Crippen LogP contribution in [0.1, 0.15) is 12.8 Å². The van der Waals surface area contributed by atoms with Crippen molar-refractivity contribution in [1.29, 1.82) is 0 Å². The third-order valence-electron chi connectivity index (χ3n) is 2.29. The van der Waals surface area contributed by atoms with E-state index >= 15 is 0 Å². The molecule has 0 aliphatic carbocycles. The van der Waals surface area contributed by atoms with Crippen LogP contribution in [-0.4, -0.2) is 32.6 Å². The largest absolute Gasteiger partial charge is 0.481 e. The molecular formula is C11H12F3NO5S. The SMILES string of the molecule is O=C(O)CCCNS(=O)(=O)c1ccc(OC(F)F)c(F)c1. The van der Waals surface area contributed by atoms with Gasteiger partial charge >= 0.3 is 12.6 Å². The van der Waals surface area contributed by atoms with Gasteiger partial charge in [-0.1, -0.05) is 0 Å². The van der Waals surface area contributed by atoms with Crippen LogP contribution in [0.15, 0.2) is 23.1 Å². The first kappa shape index (κ1) is 17.2. The predicted molar refractivity (Wildman–Crippen MR) is 65.1 cm³/mol. The Labute approximate surface area is 118 Å². The molecule has 0 saturated heterocycles. The molecule has 0 amide bonds. The first-order chi connectivity index (χ1) is 9.72. The van der Waals surface area contributed by atoms with Crippen molar-refractivity contribution >= 4 is 16.0 Å². The summed E-state index contributed by atoms with van der Waals surface area (Å²) in [5.74, 6) is -3.09. The van der Waals surface area contributed by atoms with Gasteiger partial charge in [-0.3, -0.25) is 4.79 Å². The molecule has 0 atom stereocenters. The Morgan fingerprint density at radius 3 is 2.57 bits per heavy atom. The topological polar surface area (TPSA) is 92.7 Å². The molecule has 0 fully saturated rings. The number of alkyl halides is 2. The number of sulfonamides is 1. The lowest BCUT2D eigenvalue weighted by Crippen LogP contribution is -2.25. The summed E-state index contributed by atoms with van der Waals surface area (Å²) in [5, 5.41) is 8.40. The summed E-state index contributed by atoms with van der Waals surface area (Å²) in [6.45, 7) is -3.37. The highest BCUT2D eigenvalue weighted by molar-refractivity contribution is 7.89. The first-order valence-corrected chi connectivity index (χ1v) is 7.16. The van der Waals surface area contributed by atoms with E-state index in [0.717, 1.165) is 12.1 Å². The number of hydrogen-bond acceptors (Lipinski definition) is 4. The third kappa shape index (κ3) is 5.60. The second kappa shape index (κ2) is 7.27. The van der Waals surface area contributed by atoms with Crippen LogP contribution in [0.25, 0.3) is 0 Å². The standard InChI is InChI=1S/C11H12F3NO5S/c12-8-6-7(3-4-9(8)20-11(13)14)21(18,19)15-5-1-2-10(16)17/h3-4,6,11,15H,1-2,5H2,(H,16,17). The van der Waals surface area contributed by atoms with Gasteiger partial charge in [0.25, 0.3) is 0 Å². The van der Waals surface area contributed by atoms with Crippen LogP contribution in [0.4, 0.5) is 13.2 Å². The molecule has 1 aromatic carbocycles. The molecule has 0 heterocycles. The van der Waals surface area contributed by atoms with Crippen LogP contribution in [0, 0.1) is 5.82 Å². The van der Waals surface area contributed by atoms with Gasteiger partial charge in [0, 0.05) is 13.0 Å². The zero-order valence-corrected chi connectivity index (χ0v) is 11.4. The van der Waals surface area contributed by atoms with Crippen LogP contribution in [0.5, 0.6) is 5.75 Å². The molecule has 0 aliphatic rings. The van der Waals surface area contributed by atoms with E-state index < -0.39 is 39.1 Å². The predicted octanol–water partition coefficient (Wildman–Crippen LogP) is 1.57. The van der Waals surface area contributed by atoms with Crippen LogP contribution in [-0.2, 0) is 14.8 Å². The molecular weight excluding hydrogens is 315 g/mol. The fourth-order valence-electron chi connectivity index (χ4n) is 1.37. The van der Waals surface area contributed by atoms with E-state index in [9.17, 15) is 26.4 Å². The quantitative estimate of drug-likeness (QED) is 0.707. The second-order valence-electron chi connectivity index (χ2n) is 3.87. The van der Waals surface area contributed by atoms with Gasteiger partial charge in [-0.25, -0.2) is 17.5 Å². The van der Waals surface area contributed by atoms with Gasteiger partial charge in [-0.2, -0.15) is 8.78 Å². The molecule has 6 nitrogen and oxygen atoms in total. The van der Waals surface area contributed by atoms with E-state index in [0.29, 0.717) is 6.07 Å². The van der Waals surface area contributed by atoms with E-state index in [1.54, 1.807) is 0 Å². The number of aliphatic carboxylic acids is 1. The lowest BCUT2D eigenvalue weighted by Gasteiger charge is -2.09. The molecule has 10 heteroatoms. The highest BCUT2D eigenvalue weighted by Gasteiger charge is 2.17. The molecule has 0 bridgehead atoms. The molecule has 1 aromatic rings. The maximum absolute atomic E-state index is 13.4. The average molecular weight is 327 g/mol. The number of halogens is 3. The fourth-order valence-corrected chi connectivity index (χ4v) is 2.46. The monoisotopic (exact) mass is 327 g/mol. The molecule has 1 rings (SSSR count). The zero-order chi connectivity index (χ0) is 16.0. The van der Waals surface area contributed by atoms with Crippen molar-refractivity contribution in [3.63, 3.8) is 0 Å². The van der Waals surface area contributed by atoms with E-state index in [1.807, 2.05) is 0 Å². The summed E-state index contributed by atoms with van der Waals surface area (Å²) in [6, 6.07) is 2.21. The van der Waals surface area contributed by atoms with Gasteiger partial charge < -0.3 is 9.84 Å². The molecule has 118 valence electrons. The van der Waals surface area contributed by atoms with Crippen LogP contribution < -0.4 is 9.46 Å². The summed E-state index contributed by atoms with van der Waals surface area (Å²) in [7, 11) is -4.05. The highest BCUT2D eigenvalue weighted by Crippen LogP contribution is 2.22. The van der Waals surface area contributed by atoms with Crippen molar-refractivity contribution in [2.75, 3.05) is 6.54 Å². The zero-order valence-electron chi connectivity index (χ0n) is 10.6. The minimum Gasteiger partial charge on any atom is -0.481 e. The number of rotatable bonds is 8. The fraction of sp³-hybridized carbons (Fsp3) is 0.364. The van der Waals surface area contributed by atoms with Gasteiger partial charge in [0.15, 0.2) is 11.6 Å². The maximum atomic E-state index is 13.4. The number of nitrogens with one attached hydrogen (secondary N) is 1. The number of benzene rings is 1.